The molecule has 0 aliphatic carbocycles. The topological polar surface area (TPSA) is 19.4 Å². The molecule has 0 saturated carbocycles. The number of piperazine rings is 1. The van der Waals surface area contributed by atoms with Crippen LogP contribution in [0.15, 0.2) is 48.7 Å². The Morgan fingerprint density at radius 2 is 1.60 bits per heavy atom. The van der Waals surface area contributed by atoms with Crippen LogP contribution in [0.4, 0.5) is 11.5 Å². The molecule has 0 spiro atoms. The van der Waals surface area contributed by atoms with E-state index in [0.29, 0.717) is 5.88 Å². The maximum absolute atomic E-state index is 5.82. The van der Waals surface area contributed by atoms with E-state index < -0.39 is 0 Å². The molecule has 1 fully saturated rings. The predicted molar refractivity (Wildman–Crippen MR) is 84.7 cm³/mol. The monoisotopic (exact) mass is 287 g/mol. The van der Waals surface area contributed by atoms with Crippen LogP contribution in [0, 0.1) is 0 Å². The van der Waals surface area contributed by atoms with Crippen LogP contribution in [0.2, 0.25) is 0 Å². The zero-order chi connectivity index (χ0) is 13.8. The van der Waals surface area contributed by atoms with Crippen molar-refractivity contribution in [3.05, 3.63) is 54.2 Å². The number of halogens is 1. The standard InChI is InChI=1S/C16H18ClN3/c17-13-14-4-6-15(7-5-14)19-9-11-20(12-10-19)16-3-1-2-8-18-16/h1-8H,9-13H2. The number of benzene rings is 1. The summed E-state index contributed by atoms with van der Waals surface area (Å²) in [5.41, 5.74) is 2.45. The molecule has 1 aliphatic heterocycles. The van der Waals surface area contributed by atoms with Gasteiger partial charge in [-0.05, 0) is 29.8 Å². The molecule has 4 heteroatoms. The minimum absolute atomic E-state index is 0.577. The highest BCUT2D eigenvalue weighted by molar-refractivity contribution is 6.17. The molecule has 1 aliphatic rings. The number of nitrogens with zero attached hydrogens (tertiary/aromatic N) is 3. The van der Waals surface area contributed by atoms with Crippen molar-refractivity contribution in [1.82, 2.24) is 4.98 Å². The summed E-state index contributed by atoms with van der Waals surface area (Å²) in [6, 6.07) is 14.6. The third-order valence-electron chi connectivity index (χ3n) is 3.71. The Bertz CT molecular complexity index is 533. The van der Waals surface area contributed by atoms with E-state index >= 15 is 0 Å². The molecule has 1 saturated heterocycles. The van der Waals surface area contributed by atoms with Gasteiger partial charge in [0.05, 0.1) is 0 Å². The summed E-state index contributed by atoms with van der Waals surface area (Å²) in [4.78, 5) is 9.17. The summed E-state index contributed by atoms with van der Waals surface area (Å²) >= 11 is 5.82. The van der Waals surface area contributed by atoms with E-state index in [4.69, 9.17) is 11.6 Å². The zero-order valence-electron chi connectivity index (χ0n) is 11.4. The molecular weight excluding hydrogens is 270 g/mol. The highest BCUT2D eigenvalue weighted by Gasteiger charge is 2.17. The van der Waals surface area contributed by atoms with Gasteiger partial charge in [-0.25, -0.2) is 4.98 Å². The van der Waals surface area contributed by atoms with Gasteiger partial charge in [0.2, 0.25) is 0 Å². The lowest BCUT2D eigenvalue weighted by Gasteiger charge is -2.36. The van der Waals surface area contributed by atoms with Crippen molar-refractivity contribution in [2.24, 2.45) is 0 Å². The summed E-state index contributed by atoms with van der Waals surface area (Å²) in [6.07, 6.45) is 1.85. The predicted octanol–water partition coefficient (Wildman–Crippen LogP) is 3.15. The smallest absolute Gasteiger partial charge is 0.128 e. The van der Waals surface area contributed by atoms with E-state index in [1.54, 1.807) is 0 Å². The quantitative estimate of drug-likeness (QED) is 0.809. The molecule has 0 unspecified atom stereocenters. The van der Waals surface area contributed by atoms with Gasteiger partial charge in [-0.15, -0.1) is 11.6 Å². The molecule has 0 atom stereocenters. The fraction of sp³-hybridized carbons (Fsp3) is 0.312. The summed E-state index contributed by atoms with van der Waals surface area (Å²) < 4.78 is 0. The fourth-order valence-electron chi connectivity index (χ4n) is 2.53. The number of anilines is 2. The van der Waals surface area contributed by atoms with Crippen molar-refractivity contribution in [3.8, 4) is 0 Å². The first-order valence-corrected chi connectivity index (χ1v) is 7.46. The third-order valence-corrected chi connectivity index (χ3v) is 4.02. The SMILES string of the molecule is ClCc1ccc(N2CCN(c3ccccn3)CC2)cc1. The summed E-state index contributed by atoms with van der Waals surface area (Å²) in [5.74, 6) is 1.65. The van der Waals surface area contributed by atoms with E-state index in [0.717, 1.165) is 32.0 Å². The Labute approximate surface area is 124 Å². The molecule has 3 rings (SSSR count). The minimum atomic E-state index is 0.577. The van der Waals surface area contributed by atoms with E-state index in [9.17, 15) is 0 Å². The molecule has 104 valence electrons. The van der Waals surface area contributed by atoms with Gasteiger partial charge in [-0.1, -0.05) is 18.2 Å². The van der Waals surface area contributed by atoms with Crippen LogP contribution in [-0.4, -0.2) is 31.2 Å². The van der Waals surface area contributed by atoms with Gasteiger partial charge in [-0.2, -0.15) is 0 Å². The van der Waals surface area contributed by atoms with Crippen LogP contribution >= 0.6 is 11.6 Å². The van der Waals surface area contributed by atoms with Crippen molar-refractivity contribution < 1.29 is 0 Å². The summed E-state index contributed by atoms with van der Waals surface area (Å²) in [6.45, 7) is 4.07. The molecule has 2 heterocycles. The lowest BCUT2D eigenvalue weighted by Crippen LogP contribution is -2.46. The fourth-order valence-corrected chi connectivity index (χ4v) is 2.71. The molecule has 0 amide bonds. The maximum atomic E-state index is 5.82. The Morgan fingerprint density at radius 1 is 0.900 bits per heavy atom. The number of alkyl halides is 1. The molecule has 1 aromatic heterocycles. The van der Waals surface area contributed by atoms with Crippen LogP contribution in [0.5, 0.6) is 0 Å². The third kappa shape index (κ3) is 2.88. The molecule has 0 bridgehead atoms. The van der Waals surface area contributed by atoms with Gasteiger partial charge in [0, 0.05) is 43.9 Å². The van der Waals surface area contributed by atoms with Gasteiger partial charge in [0.15, 0.2) is 0 Å². The van der Waals surface area contributed by atoms with Crippen LogP contribution in [0.3, 0.4) is 0 Å². The van der Waals surface area contributed by atoms with E-state index in [1.165, 1.54) is 11.3 Å². The highest BCUT2D eigenvalue weighted by atomic mass is 35.5. The molecule has 0 N–H and O–H groups in total. The maximum Gasteiger partial charge on any atom is 0.128 e. The van der Waals surface area contributed by atoms with E-state index in [-0.39, 0.29) is 0 Å². The molecule has 2 aromatic rings. The number of hydrogen-bond acceptors (Lipinski definition) is 3. The first kappa shape index (κ1) is 13.3. The average Bonchev–Trinajstić information content (AvgIpc) is 2.56. The van der Waals surface area contributed by atoms with Crippen molar-refractivity contribution in [2.45, 2.75) is 5.88 Å². The van der Waals surface area contributed by atoms with Crippen LogP contribution in [0.25, 0.3) is 0 Å². The van der Waals surface area contributed by atoms with Crippen molar-refractivity contribution in [3.63, 3.8) is 0 Å². The number of aromatic nitrogens is 1. The van der Waals surface area contributed by atoms with Crippen LogP contribution in [-0.2, 0) is 5.88 Å². The Balaban J connectivity index is 1.63. The molecule has 20 heavy (non-hydrogen) atoms. The zero-order valence-corrected chi connectivity index (χ0v) is 12.1. The summed E-state index contributed by atoms with van der Waals surface area (Å²) in [7, 11) is 0. The van der Waals surface area contributed by atoms with Gasteiger partial charge in [-0.3, -0.25) is 0 Å². The highest BCUT2D eigenvalue weighted by Crippen LogP contribution is 2.20. The lowest BCUT2D eigenvalue weighted by molar-refractivity contribution is 0.647. The van der Waals surface area contributed by atoms with Crippen LogP contribution in [0.1, 0.15) is 5.56 Å². The van der Waals surface area contributed by atoms with Crippen molar-refractivity contribution >= 4 is 23.1 Å². The second-order valence-electron chi connectivity index (χ2n) is 4.96. The molecule has 0 radical (unpaired) electrons. The second-order valence-corrected chi connectivity index (χ2v) is 5.23. The van der Waals surface area contributed by atoms with Crippen molar-refractivity contribution in [2.75, 3.05) is 36.0 Å². The Morgan fingerprint density at radius 3 is 2.20 bits per heavy atom. The lowest BCUT2D eigenvalue weighted by atomic mass is 10.2. The summed E-state index contributed by atoms with van der Waals surface area (Å²) in [5, 5.41) is 0. The molecule has 3 nitrogen and oxygen atoms in total. The minimum Gasteiger partial charge on any atom is -0.368 e. The Hall–Kier alpha value is -1.74. The average molecular weight is 288 g/mol. The van der Waals surface area contributed by atoms with Crippen molar-refractivity contribution in [1.29, 1.82) is 0 Å². The number of rotatable bonds is 3. The van der Waals surface area contributed by atoms with Gasteiger partial charge < -0.3 is 9.80 Å². The number of pyridine rings is 1. The molecule has 1 aromatic carbocycles. The first-order valence-electron chi connectivity index (χ1n) is 6.92. The molecular formula is C16H18ClN3. The van der Waals surface area contributed by atoms with Gasteiger partial charge in [0.25, 0.3) is 0 Å². The Kier molecular flexibility index (Phi) is 4.07. The largest absolute Gasteiger partial charge is 0.368 e. The van der Waals surface area contributed by atoms with Crippen LogP contribution < -0.4 is 9.80 Å². The van der Waals surface area contributed by atoms with Gasteiger partial charge in [0.1, 0.15) is 5.82 Å². The second kappa shape index (κ2) is 6.14. The van der Waals surface area contributed by atoms with E-state index in [1.807, 2.05) is 18.3 Å². The normalized spacial score (nSPS) is 15.4. The van der Waals surface area contributed by atoms with Gasteiger partial charge >= 0.3 is 0 Å². The van der Waals surface area contributed by atoms with E-state index in [2.05, 4.69) is 45.1 Å². The number of hydrogen-bond donors (Lipinski definition) is 0. The first-order chi connectivity index (χ1) is 9.86.